The van der Waals surface area contributed by atoms with Crippen LogP contribution in [-0.2, 0) is 0 Å². The monoisotopic (exact) mass is 276 g/mol. The van der Waals surface area contributed by atoms with Crippen LogP contribution in [0, 0.1) is 5.92 Å². The summed E-state index contributed by atoms with van der Waals surface area (Å²) in [5.74, 6) is 1.05. The summed E-state index contributed by atoms with van der Waals surface area (Å²) in [5, 5.41) is 3.32. The van der Waals surface area contributed by atoms with Gasteiger partial charge in [-0.3, -0.25) is 4.79 Å². The molecule has 2 aliphatic carbocycles. The van der Waals surface area contributed by atoms with E-state index in [0.717, 1.165) is 12.8 Å². The normalized spacial score (nSPS) is 21.6. The van der Waals surface area contributed by atoms with Gasteiger partial charge in [0.15, 0.2) is 5.82 Å². The number of nitrogens with one attached hydrogen (secondary N) is 1. The van der Waals surface area contributed by atoms with Crippen LogP contribution in [0.1, 0.15) is 51.0 Å². The fourth-order valence-corrected chi connectivity index (χ4v) is 3.25. The molecular weight excluding hydrogens is 252 g/mol. The minimum Gasteiger partial charge on any atom is -0.361 e. The van der Waals surface area contributed by atoms with Gasteiger partial charge in [-0.2, -0.15) is 0 Å². The van der Waals surface area contributed by atoms with E-state index in [0.29, 0.717) is 24.3 Å². The van der Waals surface area contributed by atoms with Crippen molar-refractivity contribution >= 4 is 5.82 Å². The molecule has 0 spiro atoms. The minimum absolute atomic E-state index is 0.00394. The first-order chi connectivity index (χ1) is 9.79. The van der Waals surface area contributed by atoms with Crippen LogP contribution in [0.2, 0.25) is 0 Å². The van der Waals surface area contributed by atoms with E-state index in [9.17, 15) is 4.79 Å². The van der Waals surface area contributed by atoms with Crippen molar-refractivity contribution in [2.75, 3.05) is 11.9 Å². The highest BCUT2D eigenvalue weighted by atomic mass is 16.1. The summed E-state index contributed by atoms with van der Waals surface area (Å²) in [4.78, 5) is 16.6. The predicted octanol–water partition coefficient (Wildman–Crippen LogP) is 1.90. The maximum atomic E-state index is 12.4. The van der Waals surface area contributed by atoms with Gasteiger partial charge in [-0.15, -0.1) is 0 Å². The average Bonchev–Trinajstić information content (AvgIpc) is 3.32. The highest BCUT2D eigenvalue weighted by molar-refractivity contribution is 5.33. The van der Waals surface area contributed by atoms with Gasteiger partial charge in [-0.25, -0.2) is 4.98 Å². The molecule has 1 aromatic rings. The number of nitrogens with zero attached hydrogens (tertiary/aromatic N) is 2. The van der Waals surface area contributed by atoms with Crippen LogP contribution in [0.4, 0.5) is 5.82 Å². The van der Waals surface area contributed by atoms with Crippen molar-refractivity contribution in [3.8, 4) is 0 Å². The van der Waals surface area contributed by atoms with Crippen LogP contribution in [-0.4, -0.2) is 22.1 Å². The van der Waals surface area contributed by atoms with Crippen molar-refractivity contribution in [2.45, 2.75) is 57.0 Å². The highest BCUT2D eigenvalue weighted by Crippen LogP contribution is 2.33. The van der Waals surface area contributed by atoms with Crippen molar-refractivity contribution in [3.63, 3.8) is 0 Å². The van der Waals surface area contributed by atoms with Crippen LogP contribution >= 0.6 is 0 Å². The number of anilines is 1. The Morgan fingerprint density at radius 1 is 1.30 bits per heavy atom. The molecule has 1 aromatic heterocycles. The molecule has 3 rings (SSSR count). The third-order valence-electron chi connectivity index (χ3n) is 4.60. The lowest BCUT2D eigenvalue weighted by atomic mass is 9.84. The first-order valence-corrected chi connectivity index (χ1v) is 7.83. The summed E-state index contributed by atoms with van der Waals surface area (Å²) >= 11 is 0. The van der Waals surface area contributed by atoms with Gasteiger partial charge in [0.25, 0.3) is 5.56 Å². The topological polar surface area (TPSA) is 72.9 Å². The third kappa shape index (κ3) is 2.87. The summed E-state index contributed by atoms with van der Waals surface area (Å²) in [6, 6.07) is 0.558. The van der Waals surface area contributed by atoms with E-state index in [1.807, 2.05) is 4.57 Å². The second-order valence-corrected chi connectivity index (χ2v) is 6.10. The molecular formula is C15H24N4O. The van der Waals surface area contributed by atoms with Gasteiger partial charge >= 0.3 is 0 Å². The highest BCUT2D eigenvalue weighted by Gasteiger charge is 2.27. The van der Waals surface area contributed by atoms with E-state index in [1.54, 1.807) is 12.4 Å². The second-order valence-electron chi connectivity index (χ2n) is 6.10. The Morgan fingerprint density at radius 2 is 2.05 bits per heavy atom. The zero-order valence-electron chi connectivity index (χ0n) is 11.9. The first kappa shape index (κ1) is 13.6. The number of rotatable bonds is 5. The van der Waals surface area contributed by atoms with Crippen molar-refractivity contribution in [1.29, 1.82) is 0 Å². The van der Waals surface area contributed by atoms with Gasteiger partial charge in [0.05, 0.1) is 0 Å². The molecule has 1 atom stereocenters. The Balaban J connectivity index is 1.75. The van der Waals surface area contributed by atoms with E-state index in [1.165, 1.54) is 32.1 Å². The SMILES string of the molecule is NCC(Nc1nccn(C2CC2)c1=O)C1CCCCC1. The molecule has 0 bridgehead atoms. The Kier molecular flexibility index (Phi) is 4.05. The summed E-state index contributed by atoms with van der Waals surface area (Å²) < 4.78 is 1.81. The summed E-state index contributed by atoms with van der Waals surface area (Å²) in [6.07, 6.45) is 12.0. The van der Waals surface area contributed by atoms with E-state index >= 15 is 0 Å². The zero-order chi connectivity index (χ0) is 13.9. The van der Waals surface area contributed by atoms with E-state index in [2.05, 4.69) is 10.3 Å². The number of hydrogen-bond acceptors (Lipinski definition) is 4. The Bertz CT molecular complexity index is 503. The standard InChI is InChI=1S/C15H24N4O/c16-10-13(11-4-2-1-3-5-11)18-14-15(20)19(9-8-17-14)12-6-7-12/h8-9,11-13H,1-7,10,16H2,(H,17,18). The smallest absolute Gasteiger partial charge is 0.293 e. The van der Waals surface area contributed by atoms with E-state index < -0.39 is 0 Å². The first-order valence-electron chi connectivity index (χ1n) is 7.83. The van der Waals surface area contributed by atoms with Gasteiger partial charge in [0.2, 0.25) is 0 Å². The van der Waals surface area contributed by atoms with Crippen LogP contribution in [0.25, 0.3) is 0 Å². The average molecular weight is 276 g/mol. The Hall–Kier alpha value is -1.36. The summed E-state index contributed by atoms with van der Waals surface area (Å²) in [5.41, 5.74) is 5.92. The van der Waals surface area contributed by atoms with E-state index in [-0.39, 0.29) is 11.6 Å². The predicted molar refractivity (Wildman–Crippen MR) is 79.8 cm³/mol. The fourth-order valence-electron chi connectivity index (χ4n) is 3.25. The molecule has 5 heteroatoms. The van der Waals surface area contributed by atoms with Crippen molar-refractivity contribution in [3.05, 3.63) is 22.7 Å². The number of aromatic nitrogens is 2. The van der Waals surface area contributed by atoms with Crippen LogP contribution < -0.4 is 16.6 Å². The third-order valence-corrected chi connectivity index (χ3v) is 4.60. The molecule has 2 fully saturated rings. The summed E-state index contributed by atoms with van der Waals surface area (Å²) in [7, 11) is 0. The lowest BCUT2D eigenvalue weighted by molar-refractivity contribution is 0.320. The maximum absolute atomic E-state index is 12.4. The molecule has 20 heavy (non-hydrogen) atoms. The molecule has 5 nitrogen and oxygen atoms in total. The molecule has 3 N–H and O–H groups in total. The largest absolute Gasteiger partial charge is 0.361 e. The molecule has 0 aromatic carbocycles. The Morgan fingerprint density at radius 3 is 2.70 bits per heavy atom. The molecule has 110 valence electrons. The lowest BCUT2D eigenvalue weighted by Gasteiger charge is -2.30. The maximum Gasteiger partial charge on any atom is 0.293 e. The molecule has 0 saturated heterocycles. The van der Waals surface area contributed by atoms with Gasteiger partial charge in [-0.1, -0.05) is 19.3 Å². The lowest BCUT2D eigenvalue weighted by Crippen LogP contribution is -2.40. The van der Waals surface area contributed by atoms with Crippen molar-refractivity contribution < 1.29 is 0 Å². The van der Waals surface area contributed by atoms with Gasteiger partial charge in [-0.05, 0) is 31.6 Å². The van der Waals surface area contributed by atoms with Crippen molar-refractivity contribution in [2.24, 2.45) is 11.7 Å². The van der Waals surface area contributed by atoms with E-state index in [4.69, 9.17) is 5.73 Å². The number of nitrogens with two attached hydrogens (primary N) is 1. The van der Waals surface area contributed by atoms with Gasteiger partial charge < -0.3 is 15.6 Å². The molecule has 0 radical (unpaired) electrons. The molecule has 2 aliphatic rings. The Labute approximate surface area is 119 Å². The van der Waals surface area contributed by atoms with Crippen LogP contribution in [0.5, 0.6) is 0 Å². The minimum atomic E-state index is 0.00394. The molecule has 1 heterocycles. The van der Waals surface area contributed by atoms with Crippen molar-refractivity contribution in [1.82, 2.24) is 9.55 Å². The second kappa shape index (κ2) is 5.95. The van der Waals surface area contributed by atoms with Crippen LogP contribution in [0.3, 0.4) is 0 Å². The quantitative estimate of drug-likeness (QED) is 0.861. The zero-order valence-corrected chi connectivity index (χ0v) is 11.9. The van der Waals surface area contributed by atoms with Gasteiger partial charge in [0.1, 0.15) is 0 Å². The molecule has 1 unspecified atom stereocenters. The van der Waals surface area contributed by atoms with Gasteiger partial charge in [0, 0.05) is 31.0 Å². The molecule has 0 amide bonds. The fraction of sp³-hybridized carbons (Fsp3) is 0.733. The molecule has 0 aliphatic heterocycles. The summed E-state index contributed by atoms with van der Waals surface area (Å²) in [6.45, 7) is 0.560. The molecule has 2 saturated carbocycles. The van der Waals surface area contributed by atoms with Crippen LogP contribution in [0.15, 0.2) is 17.2 Å². The number of hydrogen-bond donors (Lipinski definition) is 2.